The summed E-state index contributed by atoms with van der Waals surface area (Å²) in [5.74, 6) is 0. The number of nitrogen functional groups attached to an aromatic ring is 1. The number of aromatic nitrogens is 1. The van der Waals surface area contributed by atoms with Crippen molar-refractivity contribution in [3.8, 4) is 0 Å². The third-order valence-electron chi connectivity index (χ3n) is 2.31. The van der Waals surface area contributed by atoms with Crippen LogP contribution in [0.25, 0.3) is 0 Å². The predicted octanol–water partition coefficient (Wildman–Crippen LogP) is -0.154. The van der Waals surface area contributed by atoms with Gasteiger partial charge in [-0.3, -0.25) is 4.79 Å². The third-order valence-corrected chi connectivity index (χ3v) is 2.31. The summed E-state index contributed by atoms with van der Waals surface area (Å²) in [6, 6.07) is 1.46. The summed E-state index contributed by atoms with van der Waals surface area (Å²) < 4.78 is 12.6. The highest BCUT2D eigenvalue weighted by Gasteiger charge is 2.14. The summed E-state index contributed by atoms with van der Waals surface area (Å²) in [5, 5.41) is 0. The van der Waals surface area contributed by atoms with Crippen molar-refractivity contribution in [3.05, 3.63) is 28.7 Å². The van der Waals surface area contributed by atoms with Crippen LogP contribution in [0.1, 0.15) is 0 Å². The number of ether oxygens (including phenoxy) is 2. The Bertz CT molecular complexity index is 382. The molecule has 1 aromatic heterocycles. The summed E-state index contributed by atoms with van der Waals surface area (Å²) in [6.45, 7) is 2.53. The number of nitrogens with zero attached hydrogens (tertiary/aromatic N) is 1. The minimum absolute atomic E-state index is 0.0423. The monoisotopic (exact) mass is 210 g/mol. The number of pyridine rings is 1. The van der Waals surface area contributed by atoms with Crippen LogP contribution in [0.3, 0.4) is 0 Å². The molecular weight excluding hydrogens is 196 g/mol. The number of hydrogen-bond donors (Lipinski definition) is 1. The molecule has 82 valence electrons. The SMILES string of the molecule is Nc1cn(CC2COCCO2)ccc1=O. The number of rotatable bonds is 2. The molecule has 1 atom stereocenters. The van der Waals surface area contributed by atoms with E-state index in [0.29, 0.717) is 26.4 Å². The average molecular weight is 210 g/mol. The molecule has 1 fully saturated rings. The Morgan fingerprint density at radius 1 is 1.53 bits per heavy atom. The molecule has 2 heterocycles. The van der Waals surface area contributed by atoms with Crippen LogP contribution in [-0.4, -0.2) is 30.5 Å². The molecule has 1 unspecified atom stereocenters. The maximum atomic E-state index is 11.1. The molecule has 5 heteroatoms. The topological polar surface area (TPSA) is 66.5 Å². The van der Waals surface area contributed by atoms with Crippen LogP contribution in [-0.2, 0) is 16.0 Å². The Morgan fingerprint density at radius 3 is 3.07 bits per heavy atom. The average Bonchev–Trinajstić information content (AvgIpc) is 2.25. The van der Waals surface area contributed by atoms with Gasteiger partial charge in [-0.2, -0.15) is 0 Å². The zero-order chi connectivity index (χ0) is 10.7. The van der Waals surface area contributed by atoms with Crippen LogP contribution in [0.4, 0.5) is 5.69 Å². The molecule has 2 rings (SSSR count). The van der Waals surface area contributed by atoms with E-state index in [0.717, 1.165) is 0 Å². The first kappa shape index (κ1) is 10.2. The number of hydrogen-bond acceptors (Lipinski definition) is 4. The van der Waals surface area contributed by atoms with Crippen molar-refractivity contribution in [2.24, 2.45) is 0 Å². The number of nitrogens with two attached hydrogens (primary N) is 1. The summed E-state index contributed by atoms with van der Waals surface area (Å²) in [4.78, 5) is 11.1. The van der Waals surface area contributed by atoms with Crippen molar-refractivity contribution in [2.45, 2.75) is 12.6 Å². The zero-order valence-corrected chi connectivity index (χ0v) is 8.39. The van der Waals surface area contributed by atoms with E-state index in [9.17, 15) is 4.79 Å². The van der Waals surface area contributed by atoms with Gasteiger partial charge in [0.2, 0.25) is 5.43 Å². The van der Waals surface area contributed by atoms with E-state index < -0.39 is 0 Å². The zero-order valence-electron chi connectivity index (χ0n) is 8.39. The maximum Gasteiger partial charge on any atom is 0.204 e. The van der Waals surface area contributed by atoms with Crippen LogP contribution < -0.4 is 11.2 Å². The van der Waals surface area contributed by atoms with Gasteiger partial charge >= 0.3 is 0 Å². The van der Waals surface area contributed by atoms with Crippen molar-refractivity contribution >= 4 is 5.69 Å². The van der Waals surface area contributed by atoms with Gasteiger partial charge in [-0.15, -0.1) is 0 Å². The van der Waals surface area contributed by atoms with E-state index in [2.05, 4.69) is 0 Å². The molecule has 0 bridgehead atoms. The molecular formula is C10H14N2O3. The fourth-order valence-electron chi connectivity index (χ4n) is 1.54. The van der Waals surface area contributed by atoms with E-state index in [1.807, 2.05) is 4.57 Å². The second kappa shape index (κ2) is 4.46. The van der Waals surface area contributed by atoms with Crippen molar-refractivity contribution < 1.29 is 9.47 Å². The van der Waals surface area contributed by atoms with E-state index in [4.69, 9.17) is 15.2 Å². The number of anilines is 1. The van der Waals surface area contributed by atoms with Crippen LogP contribution in [0.2, 0.25) is 0 Å². The Kier molecular flexibility index (Phi) is 3.03. The lowest BCUT2D eigenvalue weighted by atomic mass is 10.3. The van der Waals surface area contributed by atoms with Gasteiger partial charge < -0.3 is 19.8 Å². The van der Waals surface area contributed by atoms with Gasteiger partial charge in [0.05, 0.1) is 38.2 Å². The van der Waals surface area contributed by atoms with Gasteiger partial charge in [-0.25, -0.2) is 0 Å². The Hall–Kier alpha value is -1.33. The van der Waals surface area contributed by atoms with Gasteiger partial charge in [0.25, 0.3) is 0 Å². The first-order valence-corrected chi connectivity index (χ1v) is 4.90. The second-order valence-electron chi connectivity index (χ2n) is 3.53. The standard InChI is InChI=1S/C10H14N2O3/c11-9-6-12(2-1-10(9)13)5-8-7-14-3-4-15-8/h1-2,6,8H,3-5,7,11H2. The van der Waals surface area contributed by atoms with Gasteiger partial charge in [-0.05, 0) is 0 Å². The molecule has 0 amide bonds. The molecule has 0 spiro atoms. The van der Waals surface area contributed by atoms with E-state index >= 15 is 0 Å². The molecule has 0 aromatic carbocycles. The van der Waals surface area contributed by atoms with Gasteiger partial charge in [-0.1, -0.05) is 0 Å². The maximum absolute atomic E-state index is 11.1. The third kappa shape index (κ3) is 2.57. The molecule has 1 saturated heterocycles. The lowest BCUT2D eigenvalue weighted by Gasteiger charge is -2.23. The molecule has 0 aliphatic carbocycles. The molecule has 1 aliphatic rings. The smallest absolute Gasteiger partial charge is 0.204 e. The Labute approximate surface area is 87.4 Å². The van der Waals surface area contributed by atoms with E-state index in [-0.39, 0.29) is 17.2 Å². The molecule has 2 N–H and O–H groups in total. The fourth-order valence-corrected chi connectivity index (χ4v) is 1.54. The second-order valence-corrected chi connectivity index (χ2v) is 3.53. The molecule has 0 saturated carbocycles. The highest BCUT2D eigenvalue weighted by Crippen LogP contribution is 2.04. The van der Waals surface area contributed by atoms with Crippen LogP contribution >= 0.6 is 0 Å². The first-order valence-electron chi connectivity index (χ1n) is 4.90. The minimum atomic E-state index is -0.146. The lowest BCUT2D eigenvalue weighted by molar-refractivity contribution is -0.0936. The molecule has 1 aromatic rings. The van der Waals surface area contributed by atoms with Crippen molar-refractivity contribution in [3.63, 3.8) is 0 Å². The Morgan fingerprint density at radius 2 is 2.40 bits per heavy atom. The highest BCUT2D eigenvalue weighted by molar-refractivity contribution is 5.33. The van der Waals surface area contributed by atoms with Crippen LogP contribution in [0.5, 0.6) is 0 Å². The lowest BCUT2D eigenvalue weighted by Crippen LogP contribution is -2.32. The normalized spacial score (nSPS) is 21.5. The van der Waals surface area contributed by atoms with Gasteiger partial charge in [0.15, 0.2) is 0 Å². The molecule has 1 aliphatic heterocycles. The quantitative estimate of drug-likeness (QED) is 0.737. The Balaban J connectivity index is 2.03. The van der Waals surface area contributed by atoms with Crippen LogP contribution in [0.15, 0.2) is 23.3 Å². The van der Waals surface area contributed by atoms with Gasteiger partial charge in [0, 0.05) is 18.5 Å². The van der Waals surface area contributed by atoms with E-state index in [1.165, 1.54) is 6.07 Å². The van der Waals surface area contributed by atoms with Crippen LogP contribution in [0, 0.1) is 0 Å². The summed E-state index contributed by atoms with van der Waals surface area (Å²) >= 11 is 0. The fraction of sp³-hybridized carbons (Fsp3) is 0.500. The first-order chi connectivity index (χ1) is 7.25. The van der Waals surface area contributed by atoms with Crippen molar-refractivity contribution in [1.82, 2.24) is 4.57 Å². The largest absolute Gasteiger partial charge is 0.394 e. The van der Waals surface area contributed by atoms with Crippen molar-refractivity contribution in [2.75, 3.05) is 25.6 Å². The summed E-state index contributed by atoms with van der Waals surface area (Å²) in [5.41, 5.74) is 5.63. The molecule has 5 nitrogen and oxygen atoms in total. The van der Waals surface area contributed by atoms with Crippen molar-refractivity contribution in [1.29, 1.82) is 0 Å². The summed E-state index contributed by atoms with van der Waals surface area (Å²) in [6.07, 6.45) is 3.37. The highest BCUT2D eigenvalue weighted by atomic mass is 16.6. The molecule has 0 radical (unpaired) electrons. The molecule has 15 heavy (non-hydrogen) atoms. The predicted molar refractivity (Wildman–Crippen MR) is 55.7 cm³/mol. The summed E-state index contributed by atoms with van der Waals surface area (Å²) in [7, 11) is 0. The van der Waals surface area contributed by atoms with Gasteiger partial charge in [0.1, 0.15) is 0 Å². The minimum Gasteiger partial charge on any atom is -0.394 e. The van der Waals surface area contributed by atoms with E-state index in [1.54, 1.807) is 12.4 Å².